The molecule has 20 heavy (non-hydrogen) atoms. The van der Waals surface area contributed by atoms with Crippen LogP contribution in [0.3, 0.4) is 0 Å². The van der Waals surface area contributed by atoms with Gasteiger partial charge in [0.1, 0.15) is 5.75 Å². The first-order valence-corrected chi connectivity index (χ1v) is 6.35. The maximum Gasteiger partial charge on any atom is 0.231 e. The van der Waals surface area contributed by atoms with Gasteiger partial charge in [-0.2, -0.15) is 0 Å². The molecular formula is C16H14O4. The van der Waals surface area contributed by atoms with E-state index in [1.807, 2.05) is 19.1 Å². The minimum atomic E-state index is -0.124. The number of ether oxygens (including phenoxy) is 2. The highest BCUT2D eigenvalue weighted by Gasteiger charge is 2.16. The van der Waals surface area contributed by atoms with Gasteiger partial charge in [0, 0.05) is 6.42 Å². The van der Waals surface area contributed by atoms with Crippen LogP contribution in [0, 0.1) is 6.92 Å². The zero-order chi connectivity index (χ0) is 14.1. The van der Waals surface area contributed by atoms with Crippen LogP contribution in [-0.2, 0) is 6.42 Å². The molecule has 1 aliphatic rings. The number of aryl methyl sites for hydroxylation is 1. The third-order valence-electron chi connectivity index (χ3n) is 3.26. The Hall–Kier alpha value is -2.49. The minimum Gasteiger partial charge on any atom is -0.507 e. The summed E-state index contributed by atoms with van der Waals surface area (Å²) in [7, 11) is 0. The highest BCUT2D eigenvalue weighted by Crippen LogP contribution is 2.33. The summed E-state index contributed by atoms with van der Waals surface area (Å²) in [5, 5.41) is 9.83. The zero-order valence-electron chi connectivity index (χ0n) is 11.1. The van der Waals surface area contributed by atoms with Crippen LogP contribution >= 0.6 is 0 Å². The van der Waals surface area contributed by atoms with Crippen LogP contribution in [-0.4, -0.2) is 17.7 Å². The lowest BCUT2D eigenvalue weighted by molar-refractivity contribution is 0.0990. The second-order valence-electron chi connectivity index (χ2n) is 4.81. The number of aromatic hydroxyl groups is 1. The molecule has 0 aromatic heterocycles. The van der Waals surface area contributed by atoms with Crippen molar-refractivity contribution in [1.82, 2.24) is 0 Å². The second kappa shape index (κ2) is 4.89. The fourth-order valence-electron chi connectivity index (χ4n) is 2.21. The molecule has 0 bridgehead atoms. The molecule has 0 radical (unpaired) electrons. The third-order valence-corrected chi connectivity index (χ3v) is 3.26. The van der Waals surface area contributed by atoms with E-state index in [2.05, 4.69) is 0 Å². The Bertz CT molecular complexity index is 676. The summed E-state index contributed by atoms with van der Waals surface area (Å²) in [6.07, 6.45) is 0.216. The number of ketones is 1. The number of phenols is 1. The fourth-order valence-corrected chi connectivity index (χ4v) is 2.21. The molecule has 4 nitrogen and oxygen atoms in total. The number of benzene rings is 2. The predicted octanol–water partition coefficient (Wildman–Crippen LogP) is 2.85. The third kappa shape index (κ3) is 2.32. The number of Topliss-reactive ketones (excluding diaryl/α,β-unsaturated/α-hetero) is 1. The molecule has 0 atom stereocenters. The normalized spacial score (nSPS) is 12.4. The molecular weight excluding hydrogens is 256 g/mol. The predicted molar refractivity (Wildman–Crippen MR) is 73.4 cm³/mol. The molecule has 1 aliphatic heterocycles. The van der Waals surface area contributed by atoms with Crippen molar-refractivity contribution < 1.29 is 19.4 Å². The quantitative estimate of drug-likeness (QED) is 0.871. The number of phenolic OH excluding ortho intramolecular Hbond substituents is 1. The zero-order valence-corrected chi connectivity index (χ0v) is 11.1. The van der Waals surface area contributed by atoms with E-state index in [4.69, 9.17) is 9.47 Å². The average Bonchev–Trinajstić information content (AvgIpc) is 2.85. The summed E-state index contributed by atoms with van der Waals surface area (Å²) < 4.78 is 10.5. The van der Waals surface area contributed by atoms with Crippen LogP contribution in [0.5, 0.6) is 17.2 Å². The molecule has 0 fully saturated rings. The Morgan fingerprint density at radius 1 is 1.15 bits per heavy atom. The Morgan fingerprint density at radius 3 is 2.75 bits per heavy atom. The molecule has 1 N–H and O–H groups in total. The van der Waals surface area contributed by atoms with E-state index in [1.165, 1.54) is 0 Å². The molecule has 2 aromatic rings. The first kappa shape index (κ1) is 12.5. The van der Waals surface area contributed by atoms with Crippen molar-refractivity contribution >= 4 is 5.78 Å². The van der Waals surface area contributed by atoms with Crippen LogP contribution in [0.15, 0.2) is 36.4 Å². The van der Waals surface area contributed by atoms with E-state index in [1.54, 1.807) is 24.3 Å². The van der Waals surface area contributed by atoms with Gasteiger partial charge in [-0.25, -0.2) is 0 Å². The fraction of sp³-hybridized carbons (Fsp3) is 0.188. The number of rotatable bonds is 3. The Labute approximate surface area is 116 Å². The Morgan fingerprint density at radius 2 is 1.95 bits per heavy atom. The van der Waals surface area contributed by atoms with Crippen LogP contribution in [0.1, 0.15) is 21.5 Å². The van der Waals surface area contributed by atoms with Gasteiger partial charge in [0.2, 0.25) is 6.79 Å². The SMILES string of the molecule is Cc1ccc(C(=O)Cc2ccc3c(c2)OCO3)c(O)c1. The molecule has 3 rings (SSSR count). The van der Waals surface area contributed by atoms with Gasteiger partial charge in [-0.15, -0.1) is 0 Å². The van der Waals surface area contributed by atoms with E-state index in [0.29, 0.717) is 17.1 Å². The lowest BCUT2D eigenvalue weighted by atomic mass is 10.0. The Kier molecular flexibility index (Phi) is 3.06. The second-order valence-corrected chi connectivity index (χ2v) is 4.81. The average molecular weight is 270 g/mol. The van der Waals surface area contributed by atoms with Gasteiger partial charge in [-0.05, 0) is 42.3 Å². The van der Waals surface area contributed by atoms with Gasteiger partial charge < -0.3 is 14.6 Å². The summed E-state index contributed by atoms with van der Waals surface area (Å²) in [4.78, 5) is 12.2. The van der Waals surface area contributed by atoms with Crippen LogP contribution in [0.2, 0.25) is 0 Å². The van der Waals surface area contributed by atoms with E-state index >= 15 is 0 Å². The summed E-state index contributed by atoms with van der Waals surface area (Å²) in [6.45, 7) is 2.08. The number of hydrogen-bond acceptors (Lipinski definition) is 4. The molecule has 0 aliphatic carbocycles. The van der Waals surface area contributed by atoms with Crippen molar-refractivity contribution in [2.24, 2.45) is 0 Å². The molecule has 0 saturated carbocycles. The number of carbonyl (C=O) groups is 1. The summed E-state index contributed by atoms with van der Waals surface area (Å²) in [5.41, 5.74) is 2.09. The number of hydrogen-bond donors (Lipinski definition) is 1. The monoisotopic (exact) mass is 270 g/mol. The molecule has 2 aromatic carbocycles. The van der Waals surface area contributed by atoms with Gasteiger partial charge in [-0.1, -0.05) is 12.1 Å². The highest BCUT2D eigenvalue weighted by atomic mass is 16.7. The van der Waals surface area contributed by atoms with Crippen molar-refractivity contribution in [2.75, 3.05) is 6.79 Å². The summed E-state index contributed by atoms with van der Waals surface area (Å²) >= 11 is 0. The molecule has 0 spiro atoms. The molecule has 4 heteroatoms. The summed E-state index contributed by atoms with van der Waals surface area (Å²) in [6, 6.07) is 10.5. The van der Waals surface area contributed by atoms with Gasteiger partial charge in [0.25, 0.3) is 0 Å². The van der Waals surface area contributed by atoms with Gasteiger partial charge >= 0.3 is 0 Å². The van der Waals surface area contributed by atoms with Gasteiger partial charge in [0.05, 0.1) is 5.56 Å². The van der Waals surface area contributed by atoms with Crippen LogP contribution in [0.25, 0.3) is 0 Å². The largest absolute Gasteiger partial charge is 0.507 e. The maximum atomic E-state index is 12.2. The molecule has 0 saturated heterocycles. The van der Waals surface area contributed by atoms with Gasteiger partial charge in [0.15, 0.2) is 17.3 Å². The standard InChI is InChI=1S/C16H14O4/c1-10-2-4-12(13(17)6-10)14(18)7-11-3-5-15-16(8-11)20-9-19-15/h2-6,8,17H,7,9H2,1H3. The Balaban J connectivity index is 1.82. The van der Waals surface area contributed by atoms with Crippen LogP contribution < -0.4 is 9.47 Å². The van der Waals surface area contributed by atoms with Crippen molar-refractivity contribution in [3.05, 3.63) is 53.1 Å². The van der Waals surface area contributed by atoms with Crippen molar-refractivity contribution in [1.29, 1.82) is 0 Å². The van der Waals surface area contributed by atoms with E-state index in [-0.39, 0.29) is 24.7 Å². The van der Waals surface area contributed by atoms with E-state index < -0.39 is 0 Å². The van der Waals surface area contributed by atoms with E-state index in [9.17, 15) is 9.90 Å². The van der Waals surface area contributed by atoms with Crippen molar-refractivity contribution in [3.63, 3.8) is 0 Å². The molecule has 1 heterocycles. The molecule has 0 unspecified atom stereocenters. The lowest BCUT2D eigenvalue weighted by Gasteiger charge is -2.06. The topological polar surface area (TPSA) is 55.8 Å². The molecule has 0 amide bonds. The number of fused-ring (bicyclic) bond motifs is 1. The maximum absolute atomic E-state index is 12.2. The van der Waals surface area contributed by atoms with Gasteiger partial charge in [-0.3, -0.25) is 4.79 Å². The summed E-state index contributed by atoms with van der Waals surface area (Å²) in [5.74, 6) is 1.25. The number of carbonyl (C=O) groups excluding carboxylic acids is 1. The van der Waals surface area contributed by atoms with Crippen molar-refractivity contribution in [2.45, 2.75) is 13.3 Å². The lowest BCUT2D eigenvalue weighted by Crippen LogP contribution is -2.04. The highest BCUT2D eigenvalue weighted by molar-refractivity contribution is 6.00. The first-order valence-electron chi connectivity index (χ1n) is 6.35. The van der Waals surface area contributed by atoms with Crippen LogP contribution in [0.4, 0.5) is 0 Å². The molecule has 102 valence electrons. The minimum absolute atomic E-state index is 0.0238. The van der Waals surface area contributed by atoms with Crippen molar-refractivity contribution in [3.8, 4) is 17.2 Å². The van der Waals surface area contributed by atoms with E-state index in [0.717, 1.165) is 11.1 Å². The smallest absolute Gasteiger partial charge is 0.231 e. The first-order chi connectivity index (χ1) is 9.63.